The first-order valence-corrected chi connectivity index (χ1v) is 5.98. The molecular weight excluding hydrogens is 258 g/mol. The van der Waals surface area contributed by atoms with Crippen molar-refractivity contribution < 1.29 is 19.4 Å². The molecule has 0 aromatic carbocycles. The van der Waals surface area contributed by atoms with E-state index in [1.807, 2.05) is 6.92 Å². The molecule has 0 bridgehead atoms. The number of hydrogen-bond donors (Lipinski definition) is 1. The second-order valence-corrected chi connectivity index (χ2v) is 5.41. The van der Waals surface area contributed by atoms with Crippen molar-refractivity contribution in [3.63, 3.8) is 0 Å². The van der Waals surface area contributed by atoms with Gasteiger partial charge >= 0.3 is 12.1 Å². The summed E-state index contributed by atoms with van der Waals surface area (Å²) in [4.78, 5) is 24.4. The molecule has 1 aliphatic rings. The van der Waals surface area contributed by atoms with E-state index >= 15 is 0 Å². The number of hydrogen-bond acceptors (Lipinski definition) is 3. The van der Waals surface area contributed by atoms with Gasteiger partial charge in [0, 0.05) is 6.54 Å². The fourth-order valence-electron chi connectivity index (χ4n) is 2.14. The van der Waals surface area contributed by atoms with Crippen LogP contribution in [0.2, 0.25) is 0 Å². The third-order valence-corrected chi connectivity index (χ3v) is 2.93. The number of ether oxygens (including phenoxy) is 1. The minimum atomic E-state index is -0.944. The molecule has 1 saturated heterocycles. The number of carboxylic acid groups (broad SMARTS) is 1. The summed E-state index contributed by atoms with van der Waals surface area (Å²) in [5.74, 6) is -0.916. The van der Waals surface area contributed by atoms with Crippen LogP contribution in [0.1, 0.15) is 40.5 Å². The number of likely N-dealkylation sites (tertiary alicyclic amines) is 1. The number of aliphatic carboxylic acids is 1. The Morgan fingerprint density at radius 3 is 2.33 bits per heavy atom. The van der Waals surface area contributed by atoms with Crippen LogP contribution in [0.5, 0.6) is 0 Å². The van der Waals surface area contributed by atoms with E-state index in [2.05, 4.69) is 0 Å². The molecule has 18 heavy (non-hydrogen) atoms. The first-order chi connectivity index (χ1) is 7.76. The number of carboxylic acids is 1. The predicted molar refractivity (Wildman–Crippen MR) is 70.0 cm³/mol. The van der Waals surface area contributed by atoms with Crippen molar-refractivity contribution >= 4 is 24.5 Å². The lowest BCUT2D eigenvalue weighted by atomic mass is 9.98. The number of halogens is 1. The lowest BCUT2D eigenvalue weighted by Crippen LogP contribution is -2.45. The zero-order valence-corrected chi connectivity index (χ0v) is 12.1. The molecule has 1 heterocycles. The van der Waals surface area contributed by atoms with E-state index in [0.29, 0.717) is 6.54 Å². The maximum absolute atomic E-state index is 11.9. The molecule has 1 amide bonds. The van der Waals surface area contributed by atoms with Crippen molar-refractivity contribution in [1.82, 2.24) is 4.90 Å². The average molecular weight is 280 g/mol. The zero-order chi connectivity index (χ0) is 13.2. The summed E-state index contributed by atoms with van der Waals surface area (Å²) in [5, 5.41) is 9.18. The van der Waals surface area contributed by atoms with Crippen LogP contribution >= 0.6 is 12.4 Å². The number of carbonyl (C=O) groups is 2. The second kappa shape index (κ2) is 6.27. The number of amides is 1. The topological polar surface area (TPSA) is 66.8 Å². The SMILES string of the molecule is CC[C@H]1CCN(C(=O)OC(C)(C)C)[C@@H]1C(=O)O.Cl. The van der Waals surface area contributed by atoms with Crippen molar-refractivity contribution in [3.8, 4) is 0 Å². The van der Waals surface area contributed by atoms with Gasteiger partial charge in [-0.1, -0.05) is 13.3 Å². The summed E-state index contributed by atoms with van der Waals surface area (Å²) in [6.45, 7) is 7.72. The van der Waals surface area contributed by atoms with Crippen LogP contribution < -0.4 is 0 Å². The molecule has 0 aromatic heterocycles. The third kappa shape index (κ3) is 4.05. The van der Waals surface area contributed by atoms with Crippen LogP contribution in [0.4, 0.5) is 4.79 Å². The Hall–Kier alpha value is -0.970. The molecule has 1 aliphatic heterocycles. The molecule has 106 valence electrons. The number of nitrogens with zero attached hydrogens (tertiary/aromatic N) is 1. The summed E-state index contributed by atoms with van der Waals surface area (Å²) in [5.41, 5.74) is -0.593. The Bertz CT molecular complexity index is 314. The van der Waals surface area contributed by atoms with E-state index < -0.39 is 23.7 Å². The van der Waals surface area contributed by atoms with E-state index in [1.165, 1.54) is 4.90 Å². The van der Waals surface area contributed by atoms with Crippen LogP contribution in [0.25, 0.3) is 0 Å². The van der Waals surface area contributed by atoms with Gasteiger partial charge in [-0.2, -0.15) is 0 Å². The van der Waals surface area contributed by atoms with Crippen molar-refractivity contribution in [2.75, 3.05) is 6.54 Å². The number of carbonyl (C=O) groups excluding carboxylic acids is 1. The maximum Gasteiger partial charge on any atom is 0.411 e. The molecule has 1 rings (SSSR count). The average Bonchev–Trinajstić information content (AvgIpc) is 2.57. The first-order valence-electron chi connectivity index (χ1n) is 5.98. The van der Waals surface area contributed by atoms with Crippen LogP contribution in [0, 0.1) is 5.92 Å². The van der Waals surface area contributed by atoms with E-state index in [-0.39, 0.29) is 18.3 Å². The van der Waals surface area contributed by atoms with Crippen LogP contribution in [-0.2, 0) is 9.53 Å². The smallest absolute Gasteiger partial charge is 0.411 e. The largest absolute Gasteiger partial charge is 0.480 e. The first kappa shape index (κ1) is 17.0. The zero-order valence-electron chi connectivity index (χ0n) is 11.3. The van der Waals surface area contributed by atoms with Crippen molar-refractivity contribution in [3.05, 3.63) is 0 Å². The lowest BCUT2D eigenvalue weighted by Gasteiger charge is -2.28. The lowest BCUT2D eigenvalue weighted by molar-refractivity contribution is -0.143. The normalized spacial score (nSPS) is 23.4. The summed E-state index contributed by atoms with van der Waals surface area (Å²) in [7, 11) is 0. The fraction of sp³-hybridized carbons (Fsp3) is 0.833. The standard InChI is InChI=1S/C12H21NO4.ClH/c1-5-8-6-7-13(9(8)10(14)15)11(16)17-12(2,3)4;/h8-9H,5-7H2,1-4H3,(H,14,15);1H/t8-,9-;/m0./s1. The molecule has 0 unspecified atom stereocenters. The summed E-state index contributed by atoms with van der Waals surface area (Å²) in [6, 6.07) is -0.741. The van der Waals surface area contributed by atoms with Gasteiger partial charge in [-0.3, -0.25) is 4.90 Å². The molecule has 1 fully saturated rings. The van der Waals surface area contributed by atoms with Gasteiger partial charge in [-0.25, -0.2) is 9.59 Å². The van der Waals surface area contributed by atoms with Crippen molar-refractivity contribution in [1.29, 1.82) is 0 Å². The van der Waals surface area contributed by atoms with Gasteiger partial charge in [-0.15, -0.1) is 12.4 Å². The van der Waals surface area contributed by atoms with E-state index in [4.69, 9.17) is 4.74 Å². The predicted octanol–water partition coefficient (Wildman–Crippen LogP) is 2.53. The second-order valence-electron chi connectivity index (χ2n) is 5.41. The third-order valence-electron chi connectivity index (χ3n) is 2.93. The van der Waals surface area contributed by atoms with Gasteiger partial charge in [0.05, 0.1) is 0 Å². The molecule has 2 atom stereocenters. The van der Waals surface area contributed by atoms with Crippen LogP contribution in [0.3, 0.4) is 0 Å². The quantitative estimate of drug-likeness (QED) is 0.843. The van der Waals surface area contributed by atoms with Gasteiger partial charge in [0.1, 0.15) is 11.6 Å². The Kier molecular flexibility index (Phi) is 5.93. The summed E-state index contributed by atoms with van der Waals surface area (Å²) < 4.78 is 5.22. The minimum absolute atomic E-state index is 0. The monoisotopic (exact) mass is 279 g/mol. The molecule has 0 spiro atoms. The summed E-state index contributed by atoms with van der Waals surface area (Å²) >= 11 is 0. The van der Waals surface area contributed by atoms with E-state index in [9.17, 15) is 14.7 Å². The van der Waals surface area contributed by atoms with Crippen LogP contribution in [-0.4, -0.2) is 40.3 Å². The van der Waals surface area contributed by atoms with Gasteiger partial charge < -0.3 is 9.84 Å². The minimum Gasteiger partial charge on any atom is -0.480 e. The van der Waals surface area contributed by atoms with Gasteiger partial charge in [0.25, 0.3) is 0 Å². The Balaban J connectivity index is 0.00000289. The highest BCUT2D eigenvalue weighted by molar-refractivity contribution is 5.85. The Morgan fingerprint density at radius 1 is 1.39 bits per heavy atom. The fourth-order valence-corrected chi connectivity index (χ4v) is 2.14. The van der Waals surface area contributed by atoms with Gasteiger partial charge in [0.2, 0.25) is 0 Å². The molecule has 5 nitrogen and oxygen atoms in total. The molecule has 0 saturated carbocycles. The highest BCUT2D eigenvalue weighted by Gasteiger charge is 2.42. The molecule has 0 radical (unpaired) electrons. The molecule has 0 aliphatic carbocycles. The Morgan fingerprint density at radius 2 is 1.94 bits per heavy atom. The molecular formula is C12H22ClNO4. The van der Waals surface area contributed by atoms with Gasteiger partial charge in [0.15, 0.2) is 0 Å². The van der Waals surface area contributed by atoms with E-state index in [1.54, 1.807) is 20.8 Å². The molecule has 0 aromatic rings. The van der Waals surface area contributed by atoms with E-state index in [0.717, 1.165) is 12.8 Å². The maximum atomic E-state index is 11.9. The Labute approximate surface area is 114 Å². The van der Waals surface area contributed by atoms with Crippen molar-refractivity contribution in [2.24, 2.45) is 5.92 Å². The van der Waals surface area contributed by atoms with Gasteiger partial charge in [-0.05, 0) is 33.1 Å². The molecule has 1 N–H and O–H groups in total. The number of rotatable bonds is 2. The van der Waals surface area contributed by atoms with Crippen LogP contribution in [0.15, 0.2) is 0 Å². The highest BCUT2D eigenvalue weighted by Crippen LogP contribution is 2.28. The summed E-state index contributed by atoms with van der Waals surface area (Å²) in [6.07, 6.45) is 0.962. The van der Waals surface area contributed by atoms with Crippen molar-refractivity contribution in [2.45, 2.75) is 52.2 Å². The molecule has 6 heteroatoms. The highest BCUT2D eigenvalue weighted by atomic mass is 35.5.